The molecule has 1 aliphatic heterocycles. The molecular formula is C17H23NO4. The van der Waals surface area contributed by atoms with Crippen molar-refractivity contribution in [2.75, 3.05) is 33.4 Å². The molecule has 0 aromatic heterocycles. The summed E-state index contributed by atoms with van der Waals surface area (Å²) in [6.07, 6.45) is 1.46. The first-order valence-corrected chi connectivity index (χ1v) is 7.66. The molecule has 1 atom stereocenters. The molecule has 1 aromatic rings. The van der Waals surface area contributed by atoms with Gasteiger partial charge < -0.3 is 14.4 Å². The van der Waals surface area contributed by atoms with Gasteiger partial charge in [-0.1, -0.05) is 6.92 Å². The maximum absolute atomic E-state index is 12.1. The fourth-order valence-corrected chi connectivity index (χ4v) is 2.61. The lowest BCUT2D eigenvalue weighted by atomic mass is 10.1. The van der Waals surface area contributed by atoms with E-state index in [9.17, 15) is 9.59 Å². The second kappa shape index (κ2) is 7.94. The third-order valence-electron chi connectivity index (χ3n) is 3.90. The number of hydrogen-bond donors (Lipinski definition) is 0. The first-order chi connectivity index (χ1) is 10.6. The van der Waals surface area contributed by atoms with Crippen LogP contribution in [0.25, 0.3) is 0 Å². The molecule has 120 valence electrons. The normalized spacial score (nSPS) is 17.5. The zero-order valence-corrected chi connectivity index (χ0v) is 13.2. The molecule has 0 unspecified atom stereocenters. The van der Waals surface area contributed by atoms with Crippen molar-refractivity contribution in [3.63, 3.8) is 0 Å². The molecule has 0 saturated carbocycles. The zero-order valence-electron chi connectivity index (χ0n) is 13.2. The lowest BCUT2D eigenvalue weighted by molar-refractivity contribution is -0.132. The summed E-state index contributed by atoms with van der Waals surface area (Å²) in [4.78, 5) is 25.5. The summed E-state index contributed by atoms with van der Waals surface area (Å²) in [5.74, 6) is 1.12. The van der Waals surface area contributed by atoms with Crippen molar-refractivity contribution in [1.82, 2.24) is 4.90 Å². The summed E-state index contributed by atoms with van der Waals surface area (Å²) < 4.78 is 10.6. The van der Waals surface area contributed by atoms with Gasteiger partial charge in [0.2, 0.25) is 0 Å². The number of carbonyl (C=O) groups excluding carboxylic acids is 2. The van der Waals surface area contributed by atoms with E-state index < -0.39 is 0 Å². The number of benzene rings is 1. The summed E-state index contributed by atoms with van der Waals surface area (Å²) in [5.41, 5.74) is 0.670. The van der Waals surface area contributed by atoms with Crippen molar-refractivity contribution in [3.8, 4) is 5.75 Å². The van der Waals surface area contributed by atoms with Gasteiger partial charge in [-0.15, -0.1) is 0 Å². The Balaban J connectivity index is 1.80. The number of rotatable bonds is 7. The van der Waals surface area contributed by atoms with Gasteiger partial charge in [0.25, 0.3) is 5.91 Å². The van der Waals surface area contributed by atoms with E-state index in [-0.39, 0.29) is 18.3 Å². The molecule has 1 saturated heterocycles. The van der Waals surface area contributed by atoms with Gasteiger partial charge in [-0.2, -0.15) is 0 Å². The fourth-order valence-electron chi connectivity index (χ4n) is 2.61. The van der Waals surface area contributed by atoms with Crippen LogP contribution in [-0.2, 0) is 9.53 Å². The number of methoxy groups -OCH3 is 1. The molecular weight excluding hydrogens is 282 g/mol. The van der Waals surface area contributed by atoms with Crippen LogP contribution in [-0.4, -0.2) is 50.0 Å². The molecule has 0 radical (unpaired) electrons. The summed E-state index contributed by atoms with van der Waals surface area (Å²) in [6, 6.07) is 6.92. The molecule has 1 aliphatic rings. The number of ether oxygens (including phenoxy) is 2. The van der Waals surface area contributed by atoms with Crippen LogP contribution in [0.4, 0.5) is 0 Å². The van der Waals surface area contributed by atoms with Crippen LogP contribution >= 0.6 is 0 Å². The summed E-state index contributed by atoms with van der Waals surface area (Å²) in [5, 5.41) is 0. The predicted octanol–water partition coefficient (Wildman–Crippen LogP) is 2.15. The lowest BCUT2D eigenvalue weighted by Crippen LogP contribution is -2.33. The molecule has 22 heavy (non-hydrogen) atoms. The van der Waals surface area contributed by atoms with Crippen LogP contribution in [0.1, 0.15) is 30.1 Å². The monoisotopic (exact) mass is 305 g/mol. The minimum absolute atomic E-state index is 0.00712. The summed E-state index contributed by atoms with van der Waals surface area (Å²) in [6.45, 7) is 4.05. The van der Waals surface area contributed by atoms with Gasteiger partial charge in [0.05, 0.1) is 6.61 Å². The highest BCUT2D eigenvalue weighted by atomic mass is 16.5. The molecule has 1 amide bonds. The van der Waals surface area contributed by atoms with Crippen LogP contribution in [0.15, 0.2) is 24.3 Å². The number of carbonyl (C=O) groups is 2. The number of amides is 1. The highest BCUT2D eigenvalue weighted by Crippen LogP contribution is 2.17. The van der Waals surface area contributed by atoms with Crippen molar-refractivity contribution in [2.24, 2.45) is 5.92 Å². The van der Waals surface area contributed by atoms with E-state index >= 15 is 0 Å². The van der Waals surface area contributed by atoms with Gasteiger partial charge in [0, 0.05) is 38.1 Å². The first-order valence-electron chi connectivity index (χ1n) is 7.66. The lowest BCUT2D eigenvalue weighted by Gasteiger charge is -2.16. The third-order valence-corrected chi connectivity index (χ3v) is 3.90. The minimum Gasteiger partial charge on any atom is -0.484 e. The second-order valence-corrected chi connectivity index (χ2v) is 5.54. The average molecular weight is 305 g/mol. The molecule has 0 bridgehead atoms. The maximum Gasteiger partial charge on any atom is 0.260 e. The second-order valence-electron chi connectivity index (χ2n) is 5.54. The topological polar surface area (TPSA) is 55.8 Å². The van der Waals surface area contributed by atoms with Crippen LogP contribution in [0, 0.1) is 5.92 Å². The summed E-state index contributed by atoms with van der Waals surface area (Å²) >= 11 is 0. The van der Waals surface area contributed by atoms with Gasteiger partial charge in [-0.25, -0.2) is 0 Å². The van der Waals surface area contributed by atoms with E-state index in [0.717, 1.165) is 19.5 Å². The molecule has 5 nitrogen and oxygen atoms in total. The van der Waals surface area contributed by atoms with Crippen molar-refractivity contribution in [2.45, 2.75) is 19.8 Å². The van der Waals surface area contributed by atoms with Crippen molar-refractivity contribution >= 4 is 11.7 Å². The van der Waals surface area contributed by atoms with E-state index in [0.29, 0.717) is 30.3 Å². The highest BCUT2D eigenvalue weighted by Gasteiger charge is 2.26. The molecule has 0 aliphatic carbocycles. The highest BCUT2D eigenvalue weighted by molar-refractivity contribution is 5.95. The maximum atomic E-state index is 12.1. The van der Waals surface area contributed by atoms with E-state index in [1.807, 2.05) is 11.8 Å². The van der Waals surface area contributed by atoms with Crippen LogP contribution in [0.2, 0.25) is 0 Å². The van der Waals surface area contributed by atoms with E-state index in [1.54, 1.807) is 31.4 Å². The predicted molar refractivity (Wildman–Crippen MR) is 83.1 cm³/mol. The van der Waals surface area contributed by atoms with Crippen LogP contribution < -0.4 is 4.74 Å². The van der Waals surface area contributed by atoms with Crippen molar-refractivity contribution < 1.29 is 19.1 Å². The Morgan fingerprint density at radius 2 is 2.00 bits per heavy atom. The van der Waals surface area contributed by atoms with Gasteiger partial charge >= 0.3 is 0 Å². The number of Topliss-reactive ketones (excluding diaryl/α,β-unsaturated/α-hetero) is 1. The minimum atomic E-state index is -0.00712. The molecule has 1 fully saturated rings. The van der Waals surface area contributed by atoms with E-state index in [1.165, 1.54) is 0 Å². The Bertz CT molecular complexity index is 512. The van der Waals surface area contributed by atoms with Gasteiger partial charge in [0.1, 0.15) is 5.75 Å². The third kappa shape index (κ3) is 4.31. The number of ketones is 1. The Kier molecular flexibility index (Phi) is 5.95. The van der Waals surface area contributed by atoms with Crippen molar-refractivity contribution in [3.05, 3.63) is 29.8 Å². The number of nitrogens with zero attached hydrogens (tertiary/aromatic N) is 1. The number of hydrogen-bond acceptors (Lipinski definition) is 4. The molecule has 1 aromatic carbocycles. The molecule has 5 heteroatoms. The first kappa shape index (κ1) is 16.5. The zero-order chi connectivity index (χ0) is 15.9. The SMILES string of the molecule is CCC(=O)c1ccc(OCC(=O)N2CC[C@@H](COC)C2)cc1. The molecule has 0 N–H and O–H groups in total. The standard InChI is InChI=1S/C17H23NO4/c1-3-16(19)14-4-6-15(7-5-14)22-12-17(20)18-9-8-13(10-18)11-21-2/h4-7,13H,3,8-12H2,1-2H3/t13-/m1/s1. The van der Waals surface area contributed by atoms with E-state index in [4.69, 9.17) is 9.47 Å². The quantitative estimate of drug-likeness (QED) is 0.724. The smallest absolute Gasteiger partial charge is 0.260 e. The Labute approximate surface area is 131 Å². The molecule has 0 spiro atoms. The Morgan fingerprint density at radius 1 is 1.27 bits per heavy atom. The number of likely N-dealkylation sites (tertiary alicyclic amines) is 1. The van der Waals surface area contributed by atoms with Gasteiger partial charge in [0.15, 0.2) is 12.4 Å². The summed E-state index contributed by atoms with van der Waals surface area (Å²) in [7, 11) is 1.68. The Morgan fingerprint density at radius 3 is 2.64 bits per heavy atom. The van der Waals surface area contributed by atoms with E-state index in [2.05, 4.69) is 0 Å². The largest absolute Gasteiger partial charge is 0.484 e. The average Bonchev–Trinajstić information content (AvgIpc) is 3.01. The van der Waals surface area contributed by atoms with Crippen molar-refractivity contribution in [1.29, 1.82) is 0 Å². The van der Waals surface area contributed by atoms with Gasteiger partial charge in [-0.3, -0.25) is 9.59 Å². The van der Waals surface area contributed by atoms with Gasteiger partial charge in [-0.05, 0) is 30.7 Å². The molecule has 1 heterocycles. The van der Waals surface area contributed by atoms with Crippen LogP contribution in [0.5, 0.6) is 5.75 Å². The fraction of sp³-hybridized carbons (Fsp3) is 0.529. The Hall–Kier alpha value is -1.88. The molecule has 2 rings (SSSR count). The van der Waals surface area contributed by atoms with Crippen LogP contribution in [0.3, 0.4) is 0 Å².